The van der Waals surface area contributed by atoms with Gasteiger partial charge in [0.05, 0.1) is 11.9 Å². The predicted octanol–water partition coefficient (Wildman–Crippen LogP) is 2.23. The van der Waals surface area contributed by atoms with Gasteiger partial charge in [0.15, 0.2) is 0 Å². The van der Waals surface area contributed by atoms with Crippen LogP contribution >= 0.6 is 15.9 Å². The number of esters is 2. The van der Waals surface area contributed by atoms with Crippen molar-refractivity contribution in [3.63, 3.8) is 0 Å². The quantitative estimate of drug-likeness (QED) is 0.632. The number of alkyl halides is 1. The molecule has 0 heterocycles. The molecule has 4 nitrogen and oxygen atoms in total. The van der Waals surface area contributed by atoms with Gasteiger partial charge < -0.3 is 9.47 Å². The molecule has 5 heteroatoms. The van der Waals surface area contributed by atoms with E-state index in [1.165, 1.54) is 14.0 Å². The minimum absolute atomic E-state index is 0.431. The topological polar surface area (TPSA) is 52.6 Å². The molecule has 0 aliphatic heterocycles. The van der Waals surface area contributed by atoms with Crippen LogP contribution in [0, 0.1) is 0 Å². The summed E-state index contributed by atoms with van der Waals surface area (Å²) in [7, 11) is 1.25. The highest BCUT2D eigenvalue weighted by Crippen LogP contribution is 2.29. The molecule has 0 fully saturated rings. The van der Waals surface area contributed by atoms with Gasteiger partial charge in [-0.25, -0.2) is 4.79 Å². The average molecular weight is 301 g/mol. The summed E-state index contributed by atoms with van der Waals surface area (Å²) in [6.45, 7) is 1.25. The molecule has 1 aromatic rings. The summed E-state index contributed by atoms with van der Waals surface area (Å²) in [6.07, 6.45) is -0.986. The zero-order chi connectivity index (χ0) is 12.8. The van der Waals surface area contributed by atoms with E-state index in [1.807, 2.05) is 30.3 Å². The lowest BCUT2D eigenvalue weighted by molar-refractivity contribution is -0.164. The van der Waals surface area contributed by atoms with Crippen LogP contribution in [0.1, 0.15) is 17.3 Å². The molecule has 0 aliphatic rings. The Kier molecular flexibility index (Phi) is 5.15. The first kappa shape index (κ1) is 13.7. The van der Waals surface area contributed by atoms with E-state index in [2.05, 4.69) is 20.7 Å². The fourth-order valence-electron chi connectivity index (χ4n) is 1.33. The molecule has 0 amide bonds. The maximum absolute atomic E-state index is 11.5. The Hall–Kier alpha value is -1.36. The van der Waals surface area contributed by atoms with Crippen molar-refractivity contribution in [3.8, 4) is 0 Å². The van der Waals surface area contributed by atoms with Crippen molar-refractivity contribution in [2.75, 3.05) is 7.11 Å². The van der Waals surface area contributed by atoms with E-state index >= 15 is 0 Å². The number of carbonyl (C=O) groups is 2. The second kappa shape index (κ2) is 6.39. The molecular formula is C12H13BrO4. The van der Waals surface area contributed by atoms with Crippen molar-refractivity contribution in [1.82, 2.24) is 0 Å². The van der Waals surface area contributed by atoms with Gasteiger partial charge in [0.25, 0.3) is 0 Å². The molecule has 0 unspecified atom stereocenters. The van der Waals surface area contributed by atoms with Crippen molar-refractivity contribution >= 4 is 27.9 Å². The Balaban J connectivity index is 2.90. The molecule has 17 heavy (non-hydrogen) atoms. The van der Waals surface area contributed by atoms with Gasteiger partial charge in [0, 0.05) is 6.92 Å². The summed E-state index contributed by atoms with van der Waals surface area (Å²) in [5, 5.41) is 0. The molecule has 0 bridgehead atoms. The van der Waals surface area contributed by atoms with Crippen LogP contribution in [0.4, 0.5) is 0 Å². The first-order chi connectivity index (χ1) is 8.06. The third-order valence-electron chi connectivity index (χ3n) is 2.11. The van der Waals surface area contributed by atoms with Crippen LogP contribution < -0.4 is 0 Å². The first-order valence-electron chi connectivity index (χ1n) is 5.00. The van der Waals surface area contributed by atoms with Crippen LogP contribution in [0.3, 0.4) is 0 Å². The number of methoxy groups -OCH3 is 1. The summed E-state index contributed by atoms with van der Waals surface area (Å²) < 4.78 is 9.57. The molecule has 0 saturated heterocycles. The number of hydrogen-bond acceptors (Lipinski definition) is 4. The van der Waals surface area contributed by atoms with Crippen molar-refractivity contribution in [3.05, 3.63) is 35.9 Å². The minimum Gasteiger partial charge on any atom is -0.466 e. The van der Waals surface area contributed by atoms with Gasteiger partial charge in [0.2, 0.25) is 6.10 Å². The predicted molar refractivity (Wildman–Crippen MR) is 65.7 cm³/mol. The Labute approximate surface area is 108 Å². The monoisotopic (exact) mass is 300 g/mol. The first-order valence-corrected chi connectivity index (χ1v) is 5.92. The standard InChI is InChI=1S/C12H13BrO4/c1-8(14)17-11(12(15)16-2)10(13)9-6-4-3-5-7-9/h3-7,10-11H,1-2H3/t10-,11-/m0/s1. The normalized spacial score (nSPS) is 13.6. The van der Waals surface area contributed by atoms with E-state index in [1.54, 1.807) is 0 Å². The molecule has 0 N–H and O–H groups in total. The summed E-state index contributed by atoms with van der Waals surface area (Å²) >= 11 is 3.34. The average Bonchev–Trinajstić information content (AvgIpc) is 2.35. The molecular weight excluding hydrogens is 288 g/mol. The fourth-order valence-corrected chi connectivity index (χ4v) is 1.96. The minimum atomic E-state index is -0.986. The molecule has 2 atom stereocenters. The van der Waals surface area contributed by atoms with Crippen LogP contribution in [-0.4, -0.2) is 25.2 Å². The van der Waals surface area contributed by atoms with Gasteiger partial charge in [-0.2, -0.15) is 0 Å². The third-order valence-corrected chi connectivity index (χ3v) is 3.12. The van der Waals surface area contributed by atoms with E-state index in [9.17, 15) is 9.59 Å². The van der Waals surface area contributed by atoms with Crippen molar-refractivity contribution < 1.29 is 19.1 Å². The third kappa shape index (κ3) is 3.85. The molecule has 0 saturated carbocycles. The van der Waals surface area contributed by atoms with Gasteiger partial charge in [-0.15, -0.1) is 0 Å². The SMILES string of the molecule is COC(=O)[C@@H](OC(C)=O)[C@@H](Br)c1ccccc1. The molecule has 1 aromatic carbocycles. The van der Waals surface area contributed by atoms with Crippen molar-refractivity contribution in [1.29, 1.82) is 0 Å². The summed E-state index contributed by atoms with van der Waals surface area (Å²) in [5.74, 6) is -1.12. The Morgan fingerprint density at radius 3 is 2.29 bits per heavy atom. The maximum atomic E-state index is 11.5. The lowest BCUT2D eigenvalue weighted by Crippen LogP contribution is -2.31. The molecule has 0 aliphatic carbocycles. The number of hydrogen-bond donors (Lipinski definition) is 0. The van der Waals surface area contributed by atoms with Gasteiger partial charge >= 0.3 is 11.9 Å². The lowest BCUT2D eigenvalue weighted by atomic mass is 10.1. The Bertz CT molecular complexity index is 391. The van der Waals surface area contributed by atoms with Crippen LogP contribution in [0.5, 0.6) is 0 Å². The highest BCUT2D eigenvalue weighted by atomic mass is 79.9. The van der Waals surface area contributed by atoms with Crippen molar-refractivity contribution in [2.45, 2.75) is 17.9 Å². The molecule has 0 radical (unpaired) electrons. The zero-order valence-electron chi connectivity index (χ0n) is 9.55. The van der Waals surface area contributed by atoms with E-state index in [0.29, 0.717) is 0 Å². The largest absolute Gasteiger partial charge is 0.466 e. The summed E-state index contributed by atoms with van der Waals surface area (Å²) in [6, 6.07) is 9.21. The van der Waals surface area contributed by atoms with E-state index in [4.69, 9.17) is 4.74 Å². The molecule has 1 rings (SSSR count). The summed E-state index contributed by atoms with van der Waals surface area (Å²) in [4.78, 5) is 22.1. The Morgan fingerprint density at radius 1 is 1.24 bits per heavy atom. The van der Waals surface area contributed by atoms with Crippen molar-refractivity contribution in [2.24, 2.45) is 0 Å². The number of halogens is 1. The van der Waals surface area contributed by atoms with E-state index < -0.39 is 22.9 Å². The second-order valence-corrected chi connectivity index (χ2v) is 4.35. The number of carbonyl (C=O) groups excluding carboxylic acids is 2. The van der Waals surface area contributed by atoms with Crippen LogP contribution in [-0.2, 0) is 19.1 Å². The highest BCUT2D eigenvalue weighted by Gasteiger charge is 2.31. The molecule has 92 valence electrons. The van der Waals surface area contributed by atoms with Gasteiger partial charge in [0.1, 0.15) is 0 Å². The highest BCUT2D eigenvalue weighted by molar-refractivity contribution is 9.09. The lowest BCUT2D eigenvalue weighted by Gasteiger charge is -2.20. The zero-order valence-corrected chi connectivity index (χ0v) is 11.1. The van der Waals surface area contributed by atoms with E-state index in [-0.39, 0.29) is 0 Å². The van der Waals surface area contributed by atoms with Gasteiger partial charge in [-0.05, 0) is 5.56 Å². The Morgan fingerprint density at radius 2 is 1.82 bits per heavy atom. The molecule has 0 spiro atoms. The summed E-state index contributed by atoms with van der Waals surface area (Å²) in [5.41, 5.74) is 0.837. The van der Waals surface area contributed by atoms with Crippen LogP contribution in [0.2, 0.25) is 0 Å². The van der Waals surface area contributed by atoms with Gasteiger partial charge in [-0.3, -0.25) is 4.79 Å². The fraction of sp³-hybridized carbons (Fsp3) is 0.333. The van der Waals surface area contributed by atoms with Crippen LogP contribution in [0.15, 0.2) is 30.3 Å². The van der Waals surface area contributed by atoms with Gasteiger partial charge in [-0.1, -0.05) is 46.3 Å². The number of rotatable bonds is 4. The maximum Gasteiger partial charge on any atom is 0.348 e. The molecule has 0 aromatic heterocycles. The second-order valence-electron chi connectivity index (χ2n) is 3.37. The smallest absolute Gasteiger partial charge is 0.348 e. The number of ether oxygens (including phenoxy) is 2. The number of benzene rings is 1. The van der Waals surface area contributed by atoms with Crippen LogP contribution in [0.25, 0.3) is 0 Å². The van der Waals surface area contributed by atoms with E-state index in [0.717, 1.165) is 5.56 Å².